The number of pyridine rings is 1. The molecule has 60 heavy (non-hydrogen) atoms. The first kappa shape index (κ1) is 38.3. The van der Waals surface area contributed by atoms with E-state index in [0.717, 1.165) is 95.4 Å². The van der Waals surface area contributed by atoms with Gasteiger partial charge in [-0.15, -0.1) is 11.3 Å². The largest absolute Gasteiger partial charge is 0.381 e. The van der Waals surface area contributed by atoms with E-state index in [2.05, 4.69) is 54.4 Å². The van der Waals surface area contributed by atoms with Gasteiger partial charge in [0.25, 0.3) is 11.8 Å². The molecule has 3 fully saturated rings. The second-order valence-corrected chi connectivity index (χ2v) is 17.8. The van der Waals surface area contributed by atoms with Crippen LogP contribution in [0.25, 0.3) is 43.1 Å². The fourth-order valence-corrected chi connectivity index (χ4v) is 10.5. The number of nitrogens with zero attached hydrogens (tertiary/aromatic N) is 5. The molecule has 15 heteroatoms. The predicted octanol–water partition coefficient (Wildman–Crippen LogP) is 5.93. The number of halogens is 1. The van der Waals surface area contributed by atoms with Crippen molar-refractivity contribution in [2.45, 2.75) is 57.0 Å². The highest BCUT2D eigenvalue weighted by molar-refractivity contribution is 7.21. The molecule has 13 nitrogen and oxygen atoms in total. The predicted molar refractivity (Wildman–Crippen MR) is 231 cm³/mol. The van der Waals surface area contributed by atoms with Gasteiger partial charge in [-0.3, -0.25) is 34.1 Å². The lowest BCUT2D eigenvalue weighted by molar-refractivity contribution is -0.134. The fraction of sp³-hybridized carbons (Fsp3) is 0.378. The van der Waals surface area contributed by atoms with Gasteiger partial charge in [0.15, 0.2) is 0 Å². The number of carbonyl (C=O) groups excluding carboxylic acids is 4. The molecule has 4 aliphatic rings. The fourth-order valence-electron chi connectivity index (χ4n) is 9.37. The standard InChI is InChI=1S/C45H46FN9O4S/c1-24-23-47-41-39-30-7-9-34(50-35(30)10-11-37(39)60-42(41)45(59)48-24)29-5-3-26(21-33(29)46)43(57)49-27-19-25(20-27)13-14-54-15-17-55(18-16-54)28-4-6-31-36(22-28)53(2)52-40(31)32-8-12-38(56)51-44(32)58/h3-7,9-11,21-22,24-25,27,32,47H,8,12-20,23H2,1-2H3,(H,48,59)(H,49,57)(H,51,56,58)/t24-,25-,27-,32?/m1/s1. The summed E-state index contributed by atoms with van der Waals surface area (Å²) in [5.74, 6) is -1.24. The smallest absolute Gasteiger partial charge is 0.263 e. The van der Waals surface area contributed by atoms with Gasteiger partial charge in [0, 0.05) is 95.9 Å². The number of benzene rings is 3. The number of carbonyl (C=O) groups is 4. The maximum Gasteiger partial charge on any atom is 0.263 e. The van der Waals surface area contributed by atoms with Crippen LogP contribution in [0.5, 0.6) is 0 Å². The molecular weight excluding hydrogens is 782 g/mol. The van der Waals surface area contributed by atoms with Crippen molar-refractivity contribution in [3.8, 4) is 11.3 Å². The first-order valence-electron chi connectivity index (χ1n) is 20.9. The van der Waals surface area contributed by atoms with Crippen molar-refractivity contribution in [1.82, 2.24) is 35.6 Å². The Bertz CT molecular complexity index is 2730. The van der Waals surface area contributed by atoms with E-state index in [1.807, 2.05) is 36.9 Å². The number of piperidine rings is 1. The number of hydrogen-bond donors (Lipinski definition) is 4. The summed E-state index contributed by atoms with van der Waals surface area (Å²) in [6.07, 6.45) is 3.70. The Kier molecular flexibility index (Phi) is 9.74. The number of hydrogen-bond acceptors (Lipinski definition) is 10. The SMILES string of the molecule is C[C@@H]1CNc2c(sc3ccc4nc(-c5ccc(C(=O)N[C@H]6C[C@H](CCN7CCN(c8ccc9c(C%10CCC(=O)NC%10=O)nn(C)c9c8)CC7)C6)cc5F)ccc4c23)C(=O)N1. The third-order valence-electron chi connectivity index (χ3n) is 12.8. The van der Waals surface area contributed by atoms with Crippen molar-refractivity contribution >= 4 is 78.2 Å². The number of imide groups is 1. The number of thiophene rings is 1. The molecular formula is C45H46FN9O4S. The molecule has 2 saturated heterocycles. The van der Waals surface area contributed by atoms with Crippen LogP contribution in [-0.2, 0) is 16.6 Å². The molecule has 3 aliphatic heterocycles. The molecule has 6 heterocycles. The molecule has 308 valence electrons. The van der Waals surface area contributed by atoms with E-state index >= 15 is 4.39 Å². The van der Waals surface area contributed by atoms with E-state index in [1.54, 1.807) is 18.2 Å². The summed E-state index contributed by atoms with van der Waals surface area (Å²) in [4.78, 5) is 60.6. The van der Waals surface area contributed by atoms with Gasteiger partial charge in [0.05, 0.1) is 34.0 Å². The maximum absolute atomic E-state index is 15.6. The molecule has 0 spiro atoms. The minimum absolute atomic E-state index is 0.00587. The van der Waals surface area contributed by atoms with E-state index in [0.29, 0.717) is 47.0 Å². The van der Waals surface area contributed by atoms with Gasteiger partial charge in [-0.2, -0.15) is 5.10 Å². The molecule has 3 aromatic heterocycles. The van der Waals surface area contributed by atoms with Crippen LogP contribution in [0.1, 0.15) is 70.7 Å². The van der Waals surface area contributed by atoms with Gasteiger partial charge in [-0.05, 0) is 106 Å². The van der Waals surface area contributed by atoms with Gasteiger partial charge in [0.2, 0.25) is 11.8 Å². The highest BCUT2D eigenvalue weighted by Crippen LogP contribution is 2.41. The van der Waals surface area contributed by atoms with E-state index in [9.17, 15) is 19.2 Å². The van der Waals surface area contributed by atoms with Gasteiger partial charge in [0.1, 0.15) is 10.7 Å². The lowest BCUT2D eigenvalue weighted by Gasteiger charge is -2.39. The summed E-state index contributed by atoms with van der Waals surface area (Å²) in [6, 6.07) is 18.6. The normalized spacial score (nSPS) is 22.2. The first-order valence-corrected chi connectivity index (χ1v) is 21.7. The number of rotatable bonds is 8. The Labute approximate surface area is 349 Å². The topological polar surface area (TPSA) is 154 Å². The Hall–Kier alpha value is -5.93. The van der Waals surface area contributed by atoms with Gasteiger partial charge < -0.3 is 20.9 Å². The van der Waals surface area contributed by atoms with Gasteiger partial charge >= 0.3 is 0 Å². The van der Waals surface area contributed by atoms with Crippen LogP contribution in [0.15, 0.2) is 60.7 Å². The summed E-state index contributed by atoms with van der Waals surface area (Å²) in [6.45, 7) is 7.35. The third-order valence-corrected chi connectivity index (χ3v) is 13.9. The minimum Gasteiger partial charge on any atom is -0.381 e. The average molecular weight is 828 g/mol. The number of anilines is 2. The third kappa shape index (κ3) is 7.02. The van der Waals surface area contributed by atoms with Crippen LogP contribution in [0, 0.1) is 11.7 Å². The van der Waals surface area contributed by atoms with Crippen LogP contribution in [-0.4, -0.2) is 94.6 Å². The second kappa shape index (κ2) is 15.3. The van der Waals surface area contributed by atoms with Gasteiger partial charge in [-0.1, -0.05) is 0 Å². The monoisotopic (exact) mass is 827 g/mol. The van der Waals surface area contributed by atoms with Crippen molar-refractivity contribution in [3.63, 3.8) is 0 Å². The number of aromatic nitrogens is 3. The molecule has 4 amide bonds. The molecule has 1 unspecified atom stereocenters. The van der Waals surface area contributed by atoms with Crippen LogP contribution in [0.3, 0.4) is 0 Å². The number of fused-ring (bicyclic) bond motifs is 6. The lowest BCUT2D eigenvalue weighted by atomic mass is 9.78. The summed E-state index contributed by atoms with van der Waals surface area (Å²) < 4.78 is 18.4. The zero-order valence-electron chi connectivity index (χ0n) is 33.5. The van der Waals surface area contributed by atoms with E-state index in [1.165, 1.54) is 17.4 Å². The maximum atomic E-state index is 15.6. The van der Waals surface area contributed by atoms with E-state index < -0.39 is 11.7 Å². The summed E-state index contributed by atoms with van der Waals surface area (Å²) in [5.41, 5.74) is 5.44. The minimum atomic E-state index is -0.504. The van der Waals surface area contributed by atoms with Crippen molar-refractivity contribution in [2.24, 2.45) is 13.0 Å². The molecule has 4 N–H and O–H groups in total. The van der Waals surface area contributed by atoms with Crippen LogP contribution in [0.4, 0.5) is 15.8 Å². The van der Waals surface area contributed by atoms with Crippen molar-refractivity contribution in [2.75, 3.05) is 49.5 Å². The van der Waals surface area contributed by atoms with Crippen molar-refractivity contribution in [1.29, 1.82) is 0 Å². The molecule has 10 rings (SSSR count). The molecule has 0 radical (unpaired) electrons. The molecule has 3 aromatic carbocycles. The molecule has 0 bridgehead atoms. The number of piperazine rings is 1. The van der Waals surface area contributed by atoms with Crippen molar-refractivity contribution < 1.29 is 23.6 Å². The number of nitrogens with one attached hydrogen (secondary N) is 4. The highest BCUT2D eigenvalue weighted by Gasteiger charge is 2.33. The molecule has 1 saturated carbocycles. The van der Waals surface area contributed by atoms with Crippen LogP contribution in [0.2, 0.25) is 0 Å². The zero-order valence-corrected chi connectivity index (χ0v) is 34.3. The first-order chi connectivity index (χ1) is 29.1. The Morgan fingerprint density at radius 3 is 2.60 bits per heavy atom. The van der Waals surface area contributed by atoms with Crippen LogP contribution < -0.4 is 26.2 Å². The molecule has 1 aliphatic carbocycles. The van der Waals surface area contributed by atoms with E-state index in [-0.39, 0.29) is 41.3 Å². The second-order valence-electron chi connectivity index (χ2n) is 16.8. The summed E-state index contributed by atoms with van der Waals surface area (Å²) in [5, 5.41) is 19.5. The summed E-state index contributed by atoms with van der Waals surface area (Å²) in [7, 11) is 1.90. The highest BCUT2D eigenvalue weighted by atomic mass is 32.1. The molecule has 6 aromatic rings. The Morgan fingerprint density at radius 1 is 0.983 bits per heavy atom. The molecule has 2 atom stereocenters. The van der Waals surface area contributed by atoms with Gasteiger partial charge in [-0.25, -0.2) is 9.37 Å². The Morgan fingerprint density at radius 2 is 1.80 bits per heavy atom. The van der Waals surface area contributed by atoms with E-state index in [4.69, 9.17) is 4.98 Å². The lowest BCUT2D eigenvalue weighted by Crippen LogP contribution is -2.48. The quantitative estimate of drug-likeness (QED) is 0.137. The zero-order chi connectivity index (χ0) is 41.2. The van der Waals surface area contributed by atoms with Crippen LogP contribution >= 0.6 is 11.3 Å². The number of amides is 4. The van der Waals surface area contributed by atoms with Crippen molar-refractivity contribution in [3.05, 3.63) is 82.6 Å². The Balaban J connectivity index is 0.705. The summed E-state index contributed by atoms with van der Waals surface area (Å²) >= 11 is 1.45. The number of aryl methyl sites for hydroxylation is 1. The average Bonchev–Trinajstić information content (AvgIpc) is 3.73.